The fraction of sp³-hybridized carbons (Fsp3) is 0.351. The fourth-order valence-corrected chi connectivity index (χ4v) is 6.69. The van der Waals surface area contributed by atoms with E-state index in [0.717, 1.165) is 44.5 Å². The first kappa shape index (κ1) is 26.3. The van der Waals surface area contributed by atoms with Gasteiger partial charge in [0.2, 0.25) is 5.69 Å². The number of rotatable bonds is 5. The Bertz CT molecular complexity index is 1760. The van der Waals surface area contributed by atoms with Crippen molar-refractivity contribution in [1.29, 1.82) is 0 Å². The molecule has 5 aromatic rings. The second-order valence-corrected chi connectivity index (χ2v) is 12.1. The molecule has 0 bridgehead atoms. The lowest BCUT2D eigenvalue weighted by Gasteiger charge is -2.21. The van der Waals surface area contributed by atoms with Crippen LogP contribution in [0.1, 0.15) is 74.3 Å². The molecule has 2 aromatic heterocycles. The molecule has 0 N–H and O–H groups in total. The summed E-state index contributed by atoms with van der Waals surface area (Å²) in [6.45, 7) is 16.7. The molecule has 3 heteroatoms. The second kappa shape index (κ2) is 10.6. The van der Waals surface area contributed by atoms with Crippen molar-refractivity contribution in [3.05, 3.63) is 94.5 Å². The van der Waals surface area contributed by atoms with E-state index in [9.17, 15) is 0 Å². The number of nitrogens with zero attached hydrogens (tertiary/aromatic N) is 2. The van der Waals surface area contributed by atoms with Crippen LogP contribution in [0, 0.1) is 26.3 Å². The monoisotopic (exact) mass is 527 g/mol. The van der Waals surface area contributed by atoms with Crippen LogP contribution < -0.4 is 4.57 Å². The average molecular weight is 528 g/mol. The molecule has 1 aliphatic carbocycles. The summed E-state index contributed by atoms with van der Waals surface area (Å²) >= 11 is 0. The quantitative estimate of drug-likeness (QED) is 0.165. The van der Waals surface area contributed by atoms with Crippen LogP contribution in [-0.4, -0.2) is 0 Å². The third-order valence-corrected chi connectivity index (χ3v) is 9.24. The summed E-state index contributed by atoms with van der Waals surface area (Å²) in [4.78, 5) is 3.89. The molecule has 0 aliphatic heterocycles. The van der Waals surface area contributed by atoms with Crippen molar-refractivity contribution >= 4 is 27.6 Å². The van der Waals surface area contributed by atoms with E-state index in [1.807, 2.05) is 6.07 Å². The van der Waals surface area contributed by atoms with Gasteiger partial charge in [-0.05, 0) is 47.9 Å². The Hall–Kier alpha value is -3.90. The van der Waals surface area contributed by atoms with Gasteiger partial charge >= 0.3 is 0 Å². The molecule has 3 aromatic carbocycles. The molecule has 40 heavy (non-hydrogen) atoms. The minimum absolute atomic E-state index is 0.458. The zero-order valence-electron chi connectivity index (χ0n) is 24.5. The summed E-state index contributed by atoms with van der Waals surface area (Å²) in [5, 5.41) is 2.15. The topological polar surface area (TPSA) is 21.4 Å². The molecular formula is C37H39N2O+. The average Bonchev–Trinajstić information content (AvgIpc) is 3.34. The molecule has 0 saturated heterocycles. The maximum atomic E-state index is 7.91. The normalized spacial score (nSPS) is 14.3. The van der Waals surface area contributed by atoms with Crippen molar-refractivity contribution in [3.63, 3.8) is 0 Å². The molecular weight excluding hydrogens is 488 g/mol. The summed E-state index contributed by atoms with van der Waals surface area (Å²) in [5.41, 5.74) is 11.8. The highest BCUT2D eigenvalue weighted by atomic mass is 16.3. The summed E-state index contributed by atoms with van der Waals surface area (Å²) < 4.78 is 9.16. The molecule has 0 atom stereocenters. The standard InChI is InChI=1S/C37H39N2O/c1-23(2)27-13-15-28(16-14-27)35-32(38-5)20-19-31-30-18-12-24(3)34(36(30)40-37(31)35)33-21-17-29(25(4)39(33)6)22-26-10-8-7-9-11-26/h12-21,23,26H,7-11,22H2,1-4,6H3/q+1. The predicted octanol–water partition coefficient (Wildman–Crippen LogP) is 10.2. The zero-order chi connectivity index (χ0) is 28.0. The molecule has 2 heterocycles. The Morgan fingerprint density at radius 1 is 0.850 bits per heavy atom. The van der Waals surface area contributed by atoms with Crippen molar-refractivity contribution in [2.24, 2.45) is 13.0 Å². The number of hydrogen-bond donors (Lipinski definition) is 0. The van der Waals surface area contributed by atoms with Gasteiger partial charge < -0.3 is 4.42 Å². The molecule has 202 valence electrons. The molecule has 0 spiro atoms. The first-order valence-electron chi connectivity index (χ1n) is 14.8. The van der Waals surface area contributed by atoms with Crippen LogP contribution in [0.3, 0.4) is 0 Å². The van der Waals surface area contributed by atoms with E-state index in [1.165, 1.54) is 66.6 Å². The Balaban J connectivity index is 1.52. The van der Waals surface area contributed by atoms with Gasteiger partial charge in [0, 0.05) is 34.9 Å². The van der Waals surface area contributed by atoms with Crippen molar-refractivity contribution in [1.82, 2.24) is 0 Å². The Morgan fingerprint density at radius 3 is 2.20 bits per heavy atom. The van der Waals surface area contributed by atoms with Crippen LogP contribution >= 0.6 is 0 Å². The number of pyridine rings is 1. The highest BCUT2D eigenvalue weighted by molar-refractivity contribution is 6.15. The lowest BCUT2D eigenvalue weighted by atomic mass is 9.84. The van der Waals surface area contributed by atoms with Crippen LogP contribution in [0.5, 0.6) is 0 Å². The van der Waals surface area contributed by atoms with Crippen molar-refractivity contribution in [2.45, 2.75) is 72.1 Å². The van der Waals surface area contributed by atoms with Gasteiger partial charge in [0.05, 0.1) is 12.1 Å². The summed E-state index contributed by atoms with van der Waals surface area (Å²) in [6.07, 6.45) is 8.03. The van der Waals surface area contributed by atoms with Crippen molar-refractivity contribution in [2.75, 3.05) is 0 Å². The van der Waals surface area contributed by atoms with Gasteiger partial charge in [0.25, 0.3) is 0 Å². The third-order valence-electron chi connectivity index (χ3n) is 9.24. The molecule has 0 amide bonds. The lowest BCUT2D eigenvalue weighted by Crippen LogP contribution is -2.36. The number of hydrogen-bond acceptors (Lipinski definition) is 1. The van der Waals surface area contributed by atoms with Crippen LogP contribution in [0.2, 0.25) is 0 Å². The maximum absolute atomic E-state index is 7.91. The van der Waals surface area contributed by atoms with E-state index < -0.39 is 0 Å². The lowest BCUT2D eigenvalue weighted by molar-refractivity contribution is -0.667. The maximum Gasteiger partial charge on any atom is 0.216 e. The van der Waals surface area contributed by atoms with Gasteiger partial charge in [-0.2, -0.15) is 4.57 Å². The summed E-state index contributed by atoms with van der Waals surface area (Å²) in [7, 11) is 2.19. The Labute approximate surface area is 238 Å². The van der Waals surface area contributed by atoms with Crippen LogP contribution in [-0.2, 0) is 13.5 Å². The van der Waals surface area contributed by atoms with E-state index in [0.29, 0.717) is 11.6 Å². The minimum atomic E-state index is 0.458. The van der Waals surface area contributed by atoms with Gasteiger partial charge in [-0.15, -0.1) is 0 Å². The number of benzene rings is 3. The van der Waals surface area contributed by atoms with E-state index in [-0.39, 0.29) is 0 Å². The molecule has 1 fully saturated rings. The molecule has 0 unspecified atom stereocenters. The number of furan rings is 1. The SMILES string of the molecule is [C-]#[N+]c1ccc2c(oc3c(-c4ccc(CC5CCCCC5)c(C)[n+]4C)c(C)ccc32)c1-c1ccc(C(C)C)cc1. The predicted molar refractivity (Wildman–Crippen MR) is 166 cm³/mol. The van der Waals surface area contributed by atoms with Crippen molar-refractivity contribution in [3.8, 4) is 22.4 Å². The van der Waals surface area contributed by atoms with E-state index >= 15 is 0 Å². The van der Waals surface area contributed by atoms with Crippen LogP contribution in [0.15, 0.2) is 65.1 Å². The molecule has 1 saturated carbocycles. The number of aryl methyl sites for hydroxylation is 1. The molecule has 0 radical (unpaired) electrons. The minimum Gasteiger partial charge on any atom is -0.456 e. The molecule has 1 aliphatic rings. The Morgan fingerprint density at radius 2 is 1.52 bits per heavy atom. The fourth-order valence-electron chi connectivity index (χ4n) is 6.69. The van der Waals surface area contributed by atoms with E-state index in [2.05, 4.69) is 98.8 Å². The number of aromatic nitrogens is 1. The zero-order valence-corrected chi connectivity index (χ0v) is 24.5. The smallest absolute Gasteiger partial charge is 0.216 e. The van der Waals surface area contributed by atoms with Gasteiger partial charge in [-0.1, -0.05) is 94.5 Å². The van der Waals surface area contributed by atoms with Gasteiger partial charge in [0.15, 0.2) is 11.4 Å². The largest absolute Gasteiger partial charge is 0.456 e. The van der Waals surface area contributed by atoms with E-state index in [4.69, 9.17) is 11.0 Å². The summed E-state index contributed by atoms with van der Waals surface area (Å²) in [6, 6.07) is 21.6. The molecule has 6 rings (SSSR count). The van der Waals surface area contributed by atoms with Gasteiger partial charge in [-0.25, -0.2) is 4.85 Å². The van der Waals surface area contributed by atoms with E-state index in [1.54, 1.807) is 0 Å². The van der Waals surface area contributed by atoms with Crippen LogP contribution in [0.4, 0.5) is 5.69 Å². The van der Waals surface area contributed by atoms with Gasteiger partial charge in [0.1, 0.15) is 18.2 Å². The van der Waals surface area contributed by atoms with Gasteiger partial charge in [-0.3, -0.25) is 0 Å². The summed E-state index contributed by atoms with van der Waals surface area (Å²) in [5.74, 6) is 1.27. The number of fused-ring (bicyclic) bond motifs is 3. The highest BCUT2D eigenvalue weighted by Crippen LogP contribution is 2.44. The Kier molecular flexibility index (Phi) is 6.97. The van der Waals surface area contributed by atoms with Crippen LogP contribution in [0.25, 0.3) is 49.2 Å². The first-order valence-corrected chi connectivity index (χ1v) is 14.8. The van der Waals surface area contributed by atoms with Crippen molar-refractivity contribution < 1.29 is 8.98 Å². The first-order chi connectivity index (χ1) is 19.4. The second-order valence-electron chi connectivity index (χ2n) is 12.1. The molecule has 3 nitrogen and oxygen atoms in total. The highest BCUT2D eigenvalue weighted by Gasteiger charge is 2.26. The third kappa shape index (κ3) is 4.50.